The fourth-order valence-electron chi connectivity index (χ4n) is 1.96. The Kier molecular flexibility index (Phi) is 6.81. The predicted molar refractivity (Wildman–Crippen MR) is 66.3 cm³/mol. The van der Waals surface area contributed by atoms with Crippen LogP contribution in [0, 0.1) is 0 Å². The van der Waals surface area contributed by atoms with Crippen LogP contribution in [-0.2, 0) is 6.42 Å². The van der Waals surface area contributed by atoms with Gasteiger partial charge in [-0.05, 0) is 25.8 Å². The molecule has 92 valence electrons. The van der Waals surface area contributed by atoms with Gasteiger partial charge in [-0.2, -0.15) is 5.10 Å². The molecule has 0 unspecified atom stereocenters. The SMILES string of the molecule is CCCC(CCC)NCCCc1ncn[nH]1. The van der Waals surface area contributed by atoms with Crippen LogP contribution in [0.15, 0.2) is 6.33 Å². The molecule has 0 fully saturated rings. The number of aromatic amines is 1. The van der Waals surface area contributed by atoms with Crippen LogP contribution in [0.4, 0.5) is 0 Å². The van der Waals surface area contributed by atoms with E-state index < -0.39 is 0 Å². The Morgan fingerprint density at radius 3 is 2.62 bits per heavy atom. The summed E-state index contributed by atoms with van der Waals surface area (Å²) in [6.45, 7) is 5.57. The first-order chi connectivity index (χ1) is 7.86. The number of rotatable bonds is 9. The van der Waals surface area contributed by atoms with Crippen molar-refractivity contribution in [2.24, 2.45) is 0 Å². The van der Waals surface area contributed by atoms with E-state index in [0.717, 1.165) is 25.2 Å². The second kappa shape index (κ2) is 8.28. The molecule has 0 saturated heterocycles. The van der Waals surface area contributed by atoms with Crippen molar-refractivity contribution < 1.29 is 0 Å². The topological polar surface area (TPSA) is 53.6 Å². The number of hydrogen-bond acceptors (Lipinski definition) is 3. The minimum atomic E-state index is 0.699. The van der Waals surface area contributed by atoms with Gasteiger partial charge >= 0.3 is 0 Å². The Labute approximate surface area is 98.2 Å². The molecular formula is C12H24N4. The van der Waals surface area contributed by atoms with Gasteiger partial charge in [0.15, 0.2) is 0 Å². The highest BCUT2D eigenvalue weighted by atomic mass is 15.2. The summed E-state index contributed by atoms with van der Waals surface area (Å²) in [6, 6.07) is 0.699. The van der Waals surface area contributed by atoms with E-state index in [2.05, 4.69) is 34.3 Å². The van der Waals surface area contributed by atoms with Crippen LogP contribution in [0.25, 0.3) is 0 Å². The molecule has 1 aromatic rings. The van der Waals surface area contributed by atoms with Crippen LogP contribution in [0.1, 0.15) is 51.8 Å². The Morgan fingerprint density at radius 2 is 2.06 bits per heavy atom. The van der Waals surface area contributed by atoms with Gasteiger partial charge in [0.25, 0.3) is 0 Å². The van der Waals surface area contributed by atoms with Gasteiger partial charge in [-0.25, -0.2) is 4.98 Å². The molecule has 1 heterocycles. The highest BCUT2D eigenvalue weighted by Gasteiger charge is 2.05. The molecule has 0 bridgehead atoms. The molecule has 0 amide bonds. The second-order valence-corrected chi connectivity index (χ2v) is 4.26. The third kappa shape index (κ3) is 5.26. The highest BCUT2D eigenvalue weighted by Crippen LogP contribution is 2.04. The van der Waals surface area contributed by atoms with E-state index in [-0.39, 0.29) is 0 Å². The maximum absolute atomic E-state index is 4.11. The lowest BCUT2D eigenvalue weighted by Crippen LogP contribution is -2.29. The minimum Gasteiger partial charge on any atom is -0.314 e. The van der Waals surface area contributed by atoms with Crippen molar-refractivity contribution in [3.63, 3.8) is 0 Å². The Hall–Kier alpha value is -0.900. The number of nitrogens with one attached hydrogen (secondary N) is 2. The van der Waals surface area contributed by atoms with Crippen LogP contribution in [0.3, 0.4) is 0 Å². The van der Waals surface area contributed by atoms with Gasteiger partial charge in [0, 0.05) is 12.5 Å². The zero-order valence-corrected chi connectivity index (χ0v) is 10.5. The van der Waals surface area contributed by atoms with Crippen molar-refractivity contribution >= 4 is 0 Å². The molecule has 0 aromatic carbocycles. The molecular weight excluding hydrogens is 200 g/mol. The van der Waals surface area contributed by atoms with Crippen molar-refractivity contribution in [2.75, 3.05) is 6.54 Å². The van der Waals surface area contributed by atoms with Gasteiger partial charge < -0.3 is 5.32 Å². The van der Waals surface area contributed by atoms with Gasteiger partial charge in [0.1, 0.15) is 12.2 Å². The standard InChI is InChI=1S/C12H24N4/c1-3-6-11(7-4-2)13-9-5-8-12-14-10-15-16-12/h10-11,13H,3-9H2,1-2H3,(H,14,15,16). The van der Waals surface area contributed by atoms with Crippen LogP contribution < -0.4 is 5.32 Å². The average molecular weight is 224 g/mol. The molecule has 0 aliphatic rings. The van der Waals surface area contributed by atoms with Crippen LogP contribution in [0.5, 0.6) is 0 Å². The van der Waals surface area contributed by atoms with Gasteiger partial charge in [-0.1, -0.05) is 26.7 Å². The molecule has 1 rings (SSSR count). The Morgan fingerprint density at radius 1 is 1.31 bits per heavy atom. The van der Waals surface area contributed by atoms with Crippen LogP contribution in [-0.4, -0.2) is 27.8 Å². The molecule has 0 aliphatic carbocycles. The summed E-state index contributed by atoms with van der Waals surface area (Å²) in [7, 11) is 0. The summed E-state index contributed by atoms with van der Waals surface area (Å²) in [5.41, 5.74) is 0. The normalized spacial score (nSPS) is 11.2. The summed E-state index contributed by atoms with van der Waals surface area (Å²) in [4.78, 5) is 4.11. The largest absolute Gasteiger partial charge is 0.314 e. The molecule has 16 heavy (non-hydrogen) atoms. The van der Waals surface area contributed by atoms with Gasteiger partial charge in [-0.3, -0.25) is 5.10 Å². The van der Waals surface area contributed by atoms with Crippen molar-refractivity contribution in [3.8, 4) is 0 Å². The summed E-state index contributed by atoms with van der Waals surface area (Å²) in [5, 5.41) is 10.3. The van der Waals surface area contributed by atoms with E-state index in [0.29, 0.717) is 6.04 Å². The molecule has 4 heteroatoms. The van der Waals surface area contributed by atoms with Crippen molar-refractivity contribution in [3.05, 3.63) is 12.2 Å². The third-order valence-corrected chi connectivity index (χ3v) is 2.76. The molecule has 0 radical (unpaired) electrons. The first-order valence-corrected chi connectivity index (χ1v) is 6.44. The number of aromatic nitrogens is 3. The van der Waals surface area contributed by atoms with E-state index in [9.17, 15) is 0 Å². The van der Waals surface area contributed by atoms with Crippen molar-refractivity contribution in [1.29, 1.82) is 0 Å². The van der Waals surface area contributed by atoms with E-state index in [1.54, 1.807) is 6.33 Å². The molecule has 2 N–H and O–H groups in total. The fourth-order valence-corrected chi connectivity index (χ4v) is 1.96. The van der Waals surface area contributed by atoms with Crippen molar-refractivity contribution in [2.45, 2.75) is 58.4 Å². The predicted octanol–water partition coefficient (Wildman–Crippen LogP) is 2.30. The third-order valence-electron chi connectivity index (χ3n) is 2.76. The van der Waals surface area contributed by atoms with E-state index >= 15 is 0 Å². The zero-order chi connectivity index (χ0) is 11.6. The monoisotopic (exact) mass is 224 g/mol. The number of H-pyrrole nitrogens is 1. The van der Waals surface area contributed by atoms with Crippen molar-refractivity contribution in [1.82, 2.24) is 20.5 Å². The molecule has 4 nitrogen and oxygen atoms in total. The number of aryl methyl sites for hydroxylation is 1. The molecule has 0 aliphatic heterocycles. The first-order valence-electron chi connectivity index (χ1n) is 6.44. The minimum absolute atomic E-state index is 0.699. The molecule has 0 spiro atoms. The smallest absolute Gasteiger partial charge is 0.137 e. The Balaban J connectivity index is 2.08. The number of hydrogen-bond donors (Lipinski definition) is 2. The maximum Gasteiger partial charge on any atom is 0.137 e. The Bertz CT molecular complexity index is 240. The summed E-state index contributed by atoms with van der Waals surface area (Å²) in [5.74, 6) is 0.990. The number of nitrogens with zero attached hydrogens (tertiary/aromatic N) is 2. The van der Waals surface area contributed by atoms with E-state index in [1.165, 1.54) is 25.7 Å². The summed E-state index contributed by atoms with van der Waals surface area (Å²) < 4.78 is 0. The van der Waals surface area contributed by atoms with Gasteiger partial charge in [0.05, 0.1) is 0 Å². The molecule has 0 saturated carbocycles. The molecule has 1 aromatic heterocycles. The molecule has 0 atom stereocenters. The summed E-state index contributed by atoms with van der Waals surface area (Å²) >= 11 is 0. The maximum atomic E-state index is 4.11. The van der Waals surface area contributed by atoms with E-state index in [1.807, 2.05) is 0 Å². The fraction of sp³-hybridized carbons (Fsp3) is 0.833. The lowest BCUT2D eigenvalue weighted by atomic mass is 10.1. The van der Waals surface area contributed by atoms with Crippen LogP contribution in [0.2, 0.25) is 0 Å². The van der Waals surface area contributed by atoms with Gasteiger partial charge in [-0.15, -0.1) is 0 Å². The summed E-state index contributed by atoms with van der Waals surface area (Å²) in [6.07, 6.45) is 8.78. The zero-order valence-electron chi connectivity index (χ0n) is 10.5. The van der Waals surface area contributed by atoms with Crippen LogP contribution >= 0.6 is 0 Å². The van der Waals surface area contributed by atoms with Gasteiger partial charge in [0.2, 0.25) is 0 Å². The quantitative estimate of drug-likeness (QED) is 0.633. The average Bonchev–Trinajstić information content (AvgIpc) is 2.78. The lowest BCUT2D eigenvalue weighted by molar-refractivity contribution is 0.440. The van der Waals surface area contributed by atoms with E-state index in [4.69, 9.17) is 0 Å². The lowest BCUT2D eigenvalue weighted by Gasteiger charge is -2.16. The second-order valence-electron chi connectivity index (χ2n) is 4.26. The highest BCUT2D eigenvalue weighted by molar-refractivity contribution is 4.80. The first kappa shape index (κ1) is 13.2.